The predicted molar refractivity (Wildman–Crippen MR) is 91.5 cm³/mol. The second-order valence-corrected chi connectivity index (χ2v) is 12.5. The van der Waals surface area contributed by atoms with Crippen molar-refractivity contribution in [2.75, 3.05) is 7.11 Å². The number of ether oxygens (including phenoxy) is 1. The third kappa shape index (κ3) is 3.44. The minimum atomic E-state index is -1.83. The van der Waals surface area contributed by atoms with Crippen molar-refractivity contribution in [2.45, 2.75) is 63.8 Å². The fourth-order valence-corrected chi connectivity index (χ4v) is 4.10. The summed E-state index contributed by atoms with van der Waals surface area (Å²) in [4.78, 5) is 11.7. The molecule has 0 radical (unpaired) electrons. The molecule has 0 amide bonds. The van der Waals surface area contributed by atoms with Crippen molar-refractivity contribution in [3.05, 3.63) is 35.4 Å². The van der Waals surface area contributed by atoms with E-state index < -0.39 is 8.32 Å². The summed E-state index contributed by atoms with van der Waals surface area (Å²) < 4.78 is 11.5. The Bertz CT molecular complexity index is 546. The largest absolute Gasteiger partial charge is 0.469 e. The Hall–Kier alpha value is -1.13. The van der Waals surface area contributed by atoms with Crippen LogP contribution in [0.5, 0.6) is 0 Å². The predicted octanol–water partition coefficient (Wildman–Crippen LogP) is 4.80. The van der Waals surface area contributed by atoms with Crippen LogP contribution in [0.25, 0.3) is 0 Å². The Morgan fingerprint density at radius 2 is 1.82 bits per heavy atom. The van der Waals surface area contributed by atoms with Gasteiger partial charge in [0, 0.05) is 0 Å². The van der Waals surface area contributed by atoms with Crippen LogP contribution in [0.15, 0.2) is 24.3 Å². The van der Waals surface area contributed by atoms with Crippen molar-refractivity contribution >= 4 is 14.3 Å². The van der Waals surface area contributed by atoms with Crippen molar-refractivity contribution in [1.29, 1.82) is 0 Å². The van der Waals surface area contributed by atoms with Gasteiger partial charge in [0.2, 0.25) is 0 Å². The fourth-order valence-electron chi connectivity index (χ4n) is 2.81. The van der Waals surface area contributed by atoms with Gasteiger partial charge in [-0.3, -0.25) is 4.79 Å². The lowest BCUT2D eigenvalue weighted by molar-refractivity contribution is -0.141. The van der Waals surface area contributed by atoms with Gasteiger partial charge in [-0.25, -0.2) is 0 Å². The minimum absolute atomic E-state index is 0.103. The number of hydrogen-bond acceptors (Lipinski definition) is 3. The maximum absolute atomic E-state index is 11.7. The summed E-state index contributed by atoms with van der Waals surface area (Å²) in [7, 11) is -0.381. The fraction of sp³-hybridized carbons (Fsp3) is 0.611. The Labute approximate surface area is 135 Å². The molecule has 3 nitrogen and oxygen atoms in total. The van der Waals surface area contributed by atoms with Gasteiger partial charge in [0.1, 0.15) is 0 Å². The van der Waals surface area contributed by atoms with Crippen molar-refractivity contribution in [3.8, 4) is 0 Å². The average molecular weight is 321 g/mol. The van der Waals surface area contributed by atoms with Gasteiger partial charge >= 0.3 is 5.97 Å². The third-order valence-corrected chi connectivity index (χ3v) is 9.65. The summed E-state index contributed by atoms with van der Waals surface area (Å²) >= 11 is 0. The SMILES string of the molecule is COC(=O)C[C@@H]1C[C@H](O[Si](C)(C)C(C)(C)C)c2ccccc21. The Morgan fingerprint density at radius 3 is 2.36 bits per heavy atom. The average Bonchev–Trinajstić information content (AvgIpc) is 2.75. The van der Waals surface area contributed by atoms with Crippen LogP contribution < -0.4 is 0 Å². The molecule has 1 aromatic carbocycles. The highest BCUT2D eigenvalue weighted by Gasteiger charge is 2.42. The highest BCUT2D eigenvalue weighted by molar-refractivity contribution is 6.74. The van der Waals surface area contributed by atoms with E-state index in [4.69, 9.17) is 9.16 Å². The van der Waals surface area contributed by atoms with E-state index >= 15 is 0 Å². The first-order valence-electron chi connectivity index (χ1n) is 7.99. The van der Waals surface area contributed by atoms with E-state index in [1.165, 1.54) is 18.2 Å². The van der Waals surface area contributed by atoms with E-state index in [0.717, 1.165) is 6.42 Å². The lowest BCUT2D eigenvalue weighted by Crippen LogP contribution is -2.41. The number of fused-ring (bicyclic) bond motifs is 1. The molecule has 0 fully saturated rings. The first kappa shape index (κ1) is 17.2. The normalized spacial score (nSPS) is 21.5. The van der Waals surface area contributed by atoms with E-state index in [1.807, 2.05) is 6.07 Å². The van der Waals surface area contributed by atoms with E-state index in [-0.39, 0.29) is 23.0 Å². The van der Waals surface area contributed by atoms with Crippen molar-refractivity contribution < 1.29 is 14.0 Å². The van der Waals surface area contributed by atoms with Crippen LogP contribution in [-0.2, 0) is 14.0 Å². The maximum atomic E-state index is 11.7. The molecule has 0 saturated carbocycles. The van der Waals surface area contributed by atoms with E-state index in [9.17, 15) is 4.79 Å². The van der Waals surface area contributed by atoms with E-state index in [0.29, 0.717) is 6.42 Å². The highest BCUT2D eigenvalue weighted by atomic mass is 28.4. The standard InChI is InChI=1S/C18H28O3Si/c1-18(2,3)22(5,6)21-16-11-13(12-17(19)20-4)14-9-7-8-10-15(14)16/h7-10,13,16H,11-12H2,1-6H3/t13-,16-/m0/s1. The van der Waals surface area contributed by atoms with Crippen LogP contribution in [-0.4, -0.2) is 21.4 Å². The molecule has 22 heavy (non-hydrogen) atoms. The minimum Gasteiger partial charge on any atom is -0.469 e. The Kier molecular flexibility index (Phi) is 4.83. The molecule has 1 aromatic rings. The zero-order chi connectivity index (χ0) is 16.5. The number of esters is 1. The summed E-state index contributed by atoms with van der Waals surface area (Å²) in [5.74, 6) is 0.0613. The summed E-state index contributed by atoms with van der Waals surface area (Å²) in [5.41, 5.74) is 2.50. The van der Waals surface area contributed by atoms with Gasteiger partial charge in [-0.2, -0.15) is 0 Å². The highest BCUT2D eigenvalue weighted by Crippen LogP contribution is 2.48. The summed E-state index contributed by atoms with van der Waals surface area (Å²) in [6.07, 6.45) is 1.41. The van der Waals surface area contributed by atoms with Crippen molar-refractivity contribution in [3.63, 3.8) is 0 Å². The van der Waals surface area contributed by atoms with Gasteiger partial charge < -0.3 is 9.16 Å². The van der Waals surface area contributed by atoms with Crippen molar-refractivity contribution in [1.82, 2.24) is 0 Å². The molecule has 0 aliphatic heterocycles. The lowest BCUT2D eigenvalue weighted by Gasteiger charge is -2.38. The van der Waals surface area contributed by atoms with E-state index in [2.05, 4.69) is 52.1 Å². The quantitative estimate of drug-likeness (QED) is 0.590. The first-order chi connectivity index (χ1) is 10.2. The molecular formula is C18H28O3Si. The topological polar surface area (TPSA) is 35.5 Å². The maximum Gasteiger partial charge on any atom is 0.306 e. The molecule has 0 unspecified atom stereocenters. The number of hydrogen-bond donors (Lipinski definition) is 0. The number of rotatable bonds is 4. The van der Waals surface area contributed by atoms with Crippen LogP contribution in [0.1, 0.15) is 56.8 Å². The molecule has 2 rings (SSSR count). The van der Waals surface area contributed by atoms with Crippen LogP contribution in [0.4, 0.5) is 0 Å². The van der Waals surface area contributed by atoms with Crippen LogP contribution in [0.2, 0.25) is 18.1 Å². The molecule has 2 atom stereocenters. The lowest BCUT2D eigenvalue weighted by atomic mass is 9.98. The summed E-state index contributed by atoms with van der Waals surface area (Å²) in [6.45, 7) is 11.3. The Balaban J connectivity index is 2.23. The Morgan fingerprint density at radius 1 is 1.23 bits per heavy atom. The number of carbonyl (C=O) groups excluding carboxylic acids is 1. The molecule has 0 heterocycles. The van der Waals surface area contributed by atoms with Gasteiger partial charge in [-0.15, -0.1) is 0 Å². The first-order valence-corrected chi connectivity index (χ1v) is 10.9. The summed E-state index contributed by atoms with van der Waals surface area (Å²) in [6, 6.07) is 8.36. The van der Waals surface area contributed by atoms with Crippen molar-refractivity contribution in [2.24, 2.45) is 0 Å². The monoisotopic (exact) mass is 320 g/mol. The zero-order valence-corrected chi connectivity index (χ0v) is 15.6. The second kappa shape index (κ2) is 6.17. The molecule has 0 saturated heterocycles. The van der Waals surface area contributed by atoms with Gasteiger partial charge in [-0.1, -0.05) is 45.0 Å². The van der Waals surface area contributed by atoms with Gasteiger partial charge in [-0.05, 0) is 41.6 Å². The number of benzene rings is 1. The molecule has 0 N–H and O–H groups in total. The van der Waals surface area contributed by atoms with Crippen LogP contribution in [0, 0.1) is 0 Å². The molecule has 0 bridgehead atoms. The smallest absolute Gasteiger partial charge is 0.306 e. The third-order valence-electron chi connectivity index (χ3n) is 5.17. The van der Waals surface area contributed by atoms with Crippen LogP contribution >= 0.6 is 0 Å². The molecule has 1 aliphatic carbocycles. The zero-order valence-electron chi connectivity index (χ0n) is 14.6. The summed E-state index contributed by atoms with van der Waals surface area (Å²) in [5, 5.41) is 0.183. The number of methoxy groups -OCH3 is 1. The molecule has 0 aromatic heterocycles. The molecule has 1 aliphatic rings. The molecule has 122 valence electrons. The number of carbonyl (C=O) groups is 1. The van der Waals surface area contributed by atoms with Gasteiger partial charge in [0.05, 0.1) is 19.6 Å². The molecule has 0 spiro atoms. The van der Waals surface area contributed by atoms with E-state index in [1.54, 1.807) is 0 Å². The molecular weight excluding hydrogens is 292 g/mol. The van der Waals surface area contributed by atoms with Crippen LogP contribution in [0.3, 0.4) is 0 Å². The van der Waals surface area contributed by atoms with Gasteiger partial charge in [0.15, 0.2) is 8.32 Å². The molecule has 4 heteroatoms. The second-order valence-electron chi connectivity index (χ2n) is 7.71. The van der Waals surface area contributed by atoms with Gasteiger partial charge in [0.25, 0.3) is 0 Å².